The van der Waals surface area contributed by atoms with Gasteiger partial charge in [-0.3, -0.25) is 4.79 Å². The van der Waals surface area contributed by atoms with E-state index in [0.717, 1.165) is 4.90 Å². The first-order valence-corrected chi connectivity index (χ1v) is 6.65. The first kappa shape index (κ1) is 13.5. The average molecular weight is 277 g/mol. The highest BCUT2D eigenvalue weighted by Crippen LogP contribution is 2.30. The number of benzene rings is 1. The highest BCUT2D eigenvalue weighted by atomic mass is 32.2. The Balaban J connectivity index is 2.25. The number of nitrogens with one attached hydrogen (secondary N) is 1. The van der Waals surface area contributed by atoms with Crippen LogP contribution < -0.4 is 16.0 Å². The van der Waals surface area contributed by atoms with Gasteiger partial charge in [0, 0.05) is 28.9 Å². The second-order valence-electron chi connectivity index (χ2n) is 4.25. The highest BCUT2D eigenvalue weighted by molar-refractivity contribution is 7.99. The van der Waals surface area contributed by atoms with Gasteiger partial charge in [-0.25, -0.2) is 4.98 Å². The smallest absolute Gasteiger partial charge is 0.251 e. The van der Waals surface area contributed by atoms with Gasteiger partial charge in [-0.1, -0.05) is 11.8 Å². The summed E-state index contributed by atoms with van der Waals surface area (Å²) in [6, 6.07) is 6.82. The number of aromatic amines is 1. The summed E-state index contributed by atoms with van der Waals surface area (Å²) < 4.78 is 5.61. The molecule has 0 fully saturated rings. The van der Waals surface area contributed by atoms with Gasteiger partial charge in [0.05, 0.1) is 6.10 Å². The predicted molar refractivity (Wildman–Crippen MR) is 75.6 cm³/mol. The summed E-state index contributed by atoms with van der Waals surface area (Å²) in [6.45, 7) is 3.90. The molecule has 3 N–H and O–H groups in total. The van der Waals surface area contributed by atoms with Crippen LogP contribution in [0.25, 0.3) is 0 Å². The van der Waals surface area contributed by atoms with Crippen molar-refractivity contribution >= 4 is 17.4 Å². The van der Waals surface area contributed by atoms with E-state index in [1.807, 2.05) is 26.0 Å². The van der Waals surface area contributed by atoms with Gasteiger partial charge in [0.25, 0.3) is 5.56 Å². The summed E-state index contributed by atoms with van der Waals surface area (Å²) in [4.78, 5) is 18.8. The van der Waals surface area contributed by atoms with Crippen molar-refractivity contribution in [1.29, 1.82) is 0 Å². The number of nitrogen functional groups attached to an aromatic ring is 1. The minimum atomic E-state index is -0.181. The number of hydrogen-bond acceptors (Lipinski definition) is 5. The van der Waals surface area contributed by atoms with Crippen molar-refractivity contribution in [3.63, 3.8) is 0 Å². The number of nitrogens with zero attached hydrogens (tertiary/aromatic N) is 1. The van der Waals surface area contributed by atoms with Gasteiger partial charge in [0.1, 0.15) is 5.75 Å². The molecule has 1 heterocycles. The van der Waals surface area contributed by atoms with E-state index in [2.05, 4.69) is 9.97 Å². The molecule has 0 aliphatic rings. The summed E-state index contributed by atoms with van der Waals surface area (Å²) in [5.74, 6) is 0.704. The normalized spacial score (nSPS) is 10.7. The monoisotopic (exact) mass is 277 g/mol. The number of anilines is 1. The second-order valence-corrected chi connectivity index (χ2v) is 5.31. The summed E-state index contributed by atoms with van der Waals surface area (Å²) in [6.07, 6.45) is 1.55. The number of hydrogen-bond donors (Lipinski definition) is 2. The Kier molecular flexibility index (Phi) is 4.11. The summed E-state index contributed by atoms with van der Waals surface area (Å²) in [5.41, 5.74) is 6.26. The van der Waals surface area contributed by atoms with Crippen LogP contribution in [0, 0.1) is 0 Å². The molecule has 2 aromatic rings. The minimum absolute atomic E-state index is 0.0781. The predicted octanol–water partition coefficient (Wildman–Crippen LogP) is 2.29. The molecule has 0 radical (unpaired) electrons. The number of nitrogens with two attached hydrogens (primary N) is 1. The van der Waals surface area contributed by atoms with Gasteiger partial charge in [0.15, 0.2) is 5.16 Å². The maximum atomic E-state index is 11.2. The van der Waals surface area contributed by atoms with Crippen molar-refractivity contribution in [1.82, 2.24) is 9.97 Å². The van der Waals surface area contributed by atoms with Gasteiger partial charge >= 0.3 is 0 Å². The Hall–Kier alpha value is -1.95. The summed E-state index contributed by atoms with van der Waals surface area (Å²) in [5, 5.41) is 0.522. The lowest BCUT2D eigenvalue weighted by Gasteiger charge is -2.11. The lowest BCUT2D eigenvalue weighted by molar-refractivity contribution is 0.242. The van der Waals surface area contributed by atoms with E-state index in [-0.39, 0.29) is 11.7 Å². The molecular formula is C13H15N3O2S. The second kappa shape index (κ2) is 5.79. The van der Waals surface area contributed by atoms with Crippen LogP contribution in [-0.4, -0.2) is 16.1 Å². The number of H-pyrrole nitrogens is 1. The third kappa shape index (κ3) is 4.03. The van der Waals surface area contributed by atoms with Crippen molar-refractivity contribution in [3.05, 3.63) is 40.8 Å². The zero-order chi connectivity index (χ0) is 13.8. The molecule has 0 unspecified atom stereocenters. The summed E-state index contributed by atoms with van der Waals surface area (Å²) >= 11 is 1.33. The maximum Gasteiger partial charge on any atom is 0.251 e. The molecule has 100 valence electrons. The van der Waals surface area contributed by atoms with E-state index < -0.39 is 0 Å². The molecule has 6 heteroatoms. The fourth-order valence-electron chi connectivity index (χ4n) is 1.51. The molecule has 1 aromatic heterocycles. The fraction of sp³-hybridized carbons (Fsp3) is 0.231. The first-order valence-electron chi connectivity index (χ1n) is 5.83. The van der Waals surface area contributed by atoms with Crippen LogP contribution in [0.3, 0.4) is 0 Å². The average Bonchev–Trinajstić information content (AvgIpc) is 2.26. The van der Waals surface area contributed by atoms with Crippen LogP contribution in [0.1, 0.15) is 13.8 Å². The van der Waals surface area contributed by atoms with Crippen LogP contribution in [0.2, 0.25) is 0 Å². The molecule has 19 heavy (non-hydrogen) atoms. The minimum Gasteiger partial charge on any atom is -0.491 e. The Morgan fingerprint density at radius 1 is 1.37 bits per heavy atom. The maximum absolute atomic E-state index is 11.2. The van der Waals surface area contributed by atoms with Crippen molar-refractivity contribution in [3.8, 4) is 5.75 Å². The quantitative estimate of drug-likeness (QED) is 0.662. The molecule has 0 saturated carbocycles. The largest absolute Gasteiger partial charge is 0.491 e. The SMILES string of the molecule is CC(C)Oc1cc(N)cc(Sc2nccc(=O)[nH]2)c1. The molecule has 2 rings (SSSR count). The van der Waals surface area contributed by atoms with E-state index >= 15 is 0 Å². The molecule has 0 bridgehead atoms. The standard InChI is InChI=1S/C13H15N3O2S/c1-8(2)18-10-5-9(14)6-11(7-10)19-13-15-4-3-12(17)16-13/h3-8H,14H2,1-2H3,(H,15,16,17). The van der Waals surface area contributed by atoms with Crippen LogP contribution in [-0.2, 0) is 0 Å². The number of rotatable bonds is 4. The van der Waals surface area contributed by atoms with Crippen LogP contribution >= 0.6 is 11.8 Å². The number of ether oxygens (including phenoxy) is 1. The van der Waals surface area contributed by atoms with E-state index in [4.69, 9.17) is 10.5 Å². The fourth-order valence-corrected chi connectivity index (χ4v) is 2.37. The topological polar surface area (TPSA) is 81.0 Å². The van der Waals surface area contributed by atoms with Crippen molar-refractivity contribution in [2.45, 2.75) is 30.0 Å². The highest BCUT2D eigenvalue weighted by Gasteiger charge is 2.05. The van der Waals surface area contributed by atoms with Crippen LogP contribution in [0.4, 0.5) is 5.69 Å². The molecule has 5 nitrogen and oxygen atoms in total. The van der Waals surface area contributed by atoms with Crippen molar-refractivity contribution in [2.75, 3.05) is 5.73 Å². The third-order valence-corrected chi connectivity index (χ3v) is 3.01. The first-order chi connectivity index (χ1) is 9.02. The molecular weight excluding hydrogens is 262 g/mol. The van der Waals surface area contributed by atoms with Gasteiger partial charge in [-0.2, -0.15) is 0 Å². The van der Waals surface area contributed by atoms with Gasteiger partial charge in [-0.15, -0.1) is 0 Å². The third-order valence-electron chi connectivity index (χ3n) is 2.14. The zero-order valence-corrected chi connectivity index (χ0v) is 11.5. The summed E-state index contributed by atoms with van der Waals surface area (Å²) in [7, 11) is 0. The van der Waals surface area contributed by atoms with E-state index in [0.29, 0.717) is 16.6 Å². The lowest BCUT2D eigenvalue weighted by Crippen LogP contribution is -2.06. The molecule has 0 saturated heterocycles. The number of aromatic nitrogens is 2. The molecule has 1 aromatic carbocycles. The van der Waals surface area contributed by atoms with E-state index in [1.165, 1.54) is 24.0 Å². The van der Waals surface area contributed by atoms with Gasteiger partial charge in [-0.05, 0) is 26.0 Å². The Morgan fingerprint density at radius 3 is 2.84 bits per heavy atom. The van der Waals surface area contributed by atoms with Gasteiger partial charge in [0.2, 0.25) is 0 Å². The van der Waals surface area contributed by atoms with Crippen LogP contribution in [0.15, 0.2) is 45.3 Å². The van der Waals surface area contributed by atoms with E-state index in [1.54, 1.807) is 6.07 Å². The molecule has 0 atom stereocenters. The lowest BCUT2D eigenvalue weighted by atomic mass is 10.3. The molecule has 0 aliphatic carbocycles. The van der Waals surface area contributed by atoms with Crippen molar-refractivity contribution < 1.29 is 4.74 Å². The Bertz CT molecular complexity index is 625. The van der Waals surface area contributed by atoms with Crippen molar-refractivity contribution in [2.24, 2.45) is 0 Å². The zero-order valence-electron chi connectivity index (χ0n) is 10.7. The Labute approximate surface area is 115 Å². The Morgan fingerprint density at radius 2 is 2.16 bits per heavy atom. The molecule has 0 spiro atoms. The molecule has 0 aliphatic heterocycles. The molecule has 0 amide bonds. The van der Waals surface area contributed by atoms with E-state index in [9.17, 15) is 4.79 Å². The van der Waals surface area contributed by atoms with Crippen LogP contribution in [0.5, 0.6) is 5.75 Å². The van der Waals surface area contributed by atoms with Gasteiger partial charge < -0.3 is 15.5 Å².